The number of hydrogen-bond donors (Lipinski definition) is 0. The molecule has 1 unspecified atom stereocenters. The Labute approximate surface area is 108 Å². The molecule has 1 atom stereocenters. The standard InChI is InChI=1S/C15H17N3/c1-4-11(2)18(3)15-12(9-16)10-17-14-8-6-5-7-13(14)15/h5-8,10-11H,4H2,1-3H3. The minimum atomic E-state index is 0.392. The van der Waals surface area contributed by atoms with Crippen LogP contribution in [0.4, 0.5) is 5.69 Å². The minimum Gasteiger partial charge on any atom is -0.370 e. The van der Waals surface area contributed by atoms with Crippen molar-refractivity contribution in [3.05, 3.63) is 36.0 Å². The van der Waals surface area contributed by atoms with Gasteiger partial charge in [0, 0.05) is 24.7 Å². The van der Waals surface area contributed by atoms with Crippen LogP contribution in [0.3, 0.4) is 0 Å². The van der Waals surface area contributed by atoms with Gasteiger partial charge in [-0.05, 0) is 19.4 Å². The van der Waals surface area contributed by atoms with Crippen LogP contribution in [0, 0.1) is 11.3 Å². The topological polar surface area (TPSA) is 39.9 Å². The maximum atomic E-state index is 9.26. The SMILES string of the molecule is CCC(C)N(C)c1c(C#N)cnc2ccccc12. The maximum Gasteiger partial charge on any atom is 0.103 e. The van der Waals surface area contributed by atoms with Crippen LogP contribution < -0.4 is 4.90 Å². The lowest BCUT2D eigenvalue weighted by molar-refractivity contribution is 0.665. The molecule has 0 radical (unpaired) electrons. The number of pyridine rings is 1. The van der Waals surface area contributed by atoms with Gasteiger partial charge in [-0.2, -0.15) is 5.26 Å². The molecule has 18 heavy (non-hydrogen) atoms. The summed E-state index contributed by atoms with van der Waals surface area (Å²) in [7, 11) is 2.04. The molecule has 2 aromatic rings. The summed E-state index contributed by atoms with van der Waals surface area (Å²) < 4.78 is 0. The number of para-hydroxylation sites is 1. The van der Waals surface area contributed by atoms with E-state index in [4.69, 9.17) is 0 Å². The number of nitriles is 1. The van der Waals surface area contributed by atoms with E-state index in [1.54, 1.807) is 6.20 Å². The Kier molecular flexibility index (Phi) is 3.47. The summed E-state index contributed by atoms with van der Waals surface area (Å²) in [5.41, 5.74) is 2.55. The van der Waals surface area contributed by atoms with Crippen LogP contribution in [0.15, 0.2) is 30.5 Å². The van der Waals surface area contributed by atoms with E-state index in [1.807, 2.05) is 31.3 Å². The van der Waals surface area contributed by atoms with Crippen LogP contribution >= 0.6 is 0 Å². The summed E-state index contributed by atoms with van der Waals surface area (Å²) >= 11 is 0. The van der Waals surface area contributed by atoms with E-state index in [1.165, 1.54) is 0 Å². The third-order valence-electron chi connectivity index (χ3n) is 3.47. The molecule has 0 amide bonds. The minimum absolute atomic E-state index is 0.392. The van der Waals surface area contributed by atoms with Crippen LogP contribution in [-0.2, 0) is 0 Å². The van der Waals surface area contributed by atoms with Gasteiger partial charge in [0.2, 0.25) is 0 Å². The van der Waals surface area contributed by atoms with E-state index in [9.17, 15) is 5.26 Å². The zero-order valence-corrected chi connectivity index (χ0v) is 11.0. The summed E-state index contributed by atoms with van der Waals surface area (Å²) in [6, 6.07) is 10.6. The lowest BCUT2D eigenvalue weighted by atomic mass is 10.1. The normalized spacial score (nSPS) is 12.1. The number of fused-ring (bicyclic) bond motifs is 1. The highest BCUT2D eigenvalue weighted by atomic mass is 15.1. The van der Waals surface area contributed by atoms with Crippen molar-refractivity contribution in [1.29, 1.82) is 5.26 Å². The van der Waals surface area contributed by atoms with Gasteiger partial charge in [0.15, 0.2) is 0 Å². The highest BCUT2D eigenvalue weighted by molar-refractivity contribution is 5.94. The van der Waals surface area contributed by atoms with Crippen molar-refractivity contribution in [2.24, 2.45) is 0 Å². The summed E-state index contributed by atoms with van der Waals surface area (Å²) in [5.74, 6) is 0. The molecule has 0 aliphatic carbocycles. The van der Waals surface area contributed by atoms with Gasteiger partial charge in [0.05, 0.1) is 16.8 Å². The molecular weight excluding hydrogens is 222 g/mol. The molecule has 0 fully saturated rings. The molecule has 1 aromatic heterocycles. The zero-order valence-electron chi connectivity index (χ0n) is 11.0. The third kappa shape index (κ3) is 2.02. The highest BCUT2D eigenvalue weighted by Gasteiger charge is 2.16. The van der Waals surface area contributed by atoms with Crippen LogP contribution in [0.2, 0.25) is 0 Å². The van der Waals surface area contributed by atoms with Gasteiger partial charge >= 0.3 is 0 Å². The monoisotopic (exact) mass is 239 g/mol. The van der Waals surface area contributed by atoms with E-state index in [-0.39, 0.29) is 0 Å². The number of hydrogen-bond acceptors (Lipinski definition) is 3. The molecule has 0 spiro atoms. The molecule has 3 nitrogen and oxygen atoms in total. The third-order valence-corrected chi connectivity index (χ3v) is 3.47. The van der Waals surface area contributed by atoms with Crippen molar-refractivity contribution in [2.45, 2.75) is 26.3 Å². The van der Waals surface area contributed by atoms with Crippen molar-refractivity contribution in [2.75, 3.05) is 11.9 Å². The first-order valence-electron chi connectivity index (χ1n) is 6.19. The molecule has 2 rings (SSSR count). The van der Waals surface area contributed by atoms with Crippen LogP contribution in [0.25, 0.3) is 10.9 Å². The molecule has 0 N–H and O–H groups in total. The second-order valence-corrected chi connectivity index (χ2v) is 4.52. The molecule has 1 aromatic carbocycles. The Balaban J connectivity index is 2.69. The lowest BCUT2D eigenvalue weighted by Crippen LogP contribution is -2.29. The van der Waals surface area contributed by atoms with E-state index in [2.05, 4.69) is 29.8 Å². The van der Waals surface area contributed by atoms with E-state index >= 15 is 0 Å². The Morgan fingerprint density at radius 3 is 2.78 bits per heavy atom. The second-order valence-electron chi connectivity index (χ2n) is 4.52. The molecule has 92 valence electrons. The van der Waals surface area contributed by atoms with Crippen molar-refractivity contribution >= 4 is 16.6 Å². The first kappa shape index (κ1) is 12.4. The predicted octanol–water partition coefficient (Wildman–Crippen LogP) is 3.34. The summed E-state index contributed by atoms with van der Waals surface area (Å²) in [6.45, 7) is 4.31. The Bertz CT molecular complexity index is 598. The lowest BCUT2D eigenvalue weighted by Gasteiger charge is -2.28. The van der Waals surface area contributed by atoms with E-state index in [0.29, 0.717) is 11.6 Å². The smallest absolute Gasteiger partial charge is 0.103 e. The van der Waals surface area contributed by atoms with Gasteiger partial charge in [0.25, 0.3) is 0 Å². The summed E-state index contributed by atoms with van der Waals surface area (Å²) in [4.78, 5) is 6.50. The van der Waals surface area contributed by atoms with Gasteiger partial charge in [-0.3, -0.25) is 4.98 Å². The predicted molar refractivity (Wildman–Crippen MR) is 74.6 cm³/mol. The van der Waals surface area contributed by atoms with Crippen molar-refractivity contribution < 1.29 is 0 Å². The molecule has 0 bridgehead atoms. The van der Waals surface area contributed by atoms with Gasteiger partial charge in [-0.15, -0.1) is 0 Å². The number of aromatic nitrogens is 1. The first-order chi connectivity index (χ1) is 8.69. The van der Waals surface area contributed by atoms with Gasteiger partial charge in [-0.1, -0.05) is 25.1 Å². The number of anilines is 1. The molecule has 0 saturated heterocycles. The van der Waals surface area contributed by atoms with Crippen molar-refractivity contribution in [3.8, 4) is 6.07 Å². The van der Waals surface area contributed by atoms with Gasteiger partial charge in [0.1, 0.15) is 6.07 Å². The maximum absolute atomic E-state index is 9.26. The average Bonchev–Trinajstić information content (AvgIpc) is 2.44. The largest absolute Gasteiger partial charge is 0.370 e. The zero-order chi connectivity index (χ0) is 13.1. The first-order valence-corrected chi connectivity index (χ1v) is 6.19. The molecule has 0 aliphatic heterocycles. The number of benzene rings is 1. The van der Waals surface area contributed by atoms with E-state index < -0.39 is 0 Å². The van der Waals surface area contributed by atoms with Crippen molar-refractivity contribution in [3.63, 3.8) is 0 Å². The fourth-order valence-electron chi connectivity index (χ4n) is 2.08. The summed E-state index contributed by atoms with van der Waals surface area (Å²) in [6.07, 6.45) is 2.70. The van der Waals surface area contributed by atoms with Gasteiger partial charge in [-0.25, -0.2) is 0 Å². The molecule has 0 saturated carbocycles. The van der Waals surface area contributed by atoms with Crippen LogP contribution in [0.1, 0.15) is 25.8 Å². The van der Waals surface area contributed by atoms with Crippen LogP contribution in [-0.4, -0.2) is 18.1 Å². The van der Waals surface area contributed by atoms with Crippen molar-refractivity contribution in [1.82, 2.24) is 4.98 Å². The second kappa shape index (κ2) is 5.05. The Morgan fingerprint density at radius 2 is 2.11 bits per heavy atom. The molecular formula is C15H17N3. The summed E-state index contributed by atoms with van der Waals surface area (Å²) in [5, 5.41) is 10.3. The molecule has 3 heteroatoms. The Morgan fingerprint density at radius 1 is 1.39 bits per heavy atom. The quantitative estimate of drug-likeness (QED) is 0.824. The molecule has 1 heterocycles. The number of nitrogens with zero attached hydrogens (tertiary/aromatic N) is 3. The fraction of sp³-hybridized carbons (Fsp3) is 0.333. The van der Waals surface area contributed by atoms with Gasteiger partial charge < -0.3 is 4.90 Å². The van der Waals surface area contributed by atoms with Crippen LogP contribution in [0.5, 0.6) is 0 Å². The molecule has 0 aliphatic rings. The fourth-order valence-corrected chi connectivity index (χ4v) is 2.08. The average molecular weight is 239 g/mol. The highest BCUT2D eigenvalue weighted by Crippen LogP contribution is 2.29. The number of rotatable bonds is 3. The van der Waals surface area contributed by atoms with E-state index in [0.717, 1.165) is 23.0 Å². The Hall–Kier alpha value is -2.08.